The van der Waals surface area contributed by atoms with Crippen LogP contribution in [0.15, 0.2) is 60.3 Å². The van der Waals surface area contributed by atoms with Crippen LogP contribution in [-0.2, 0) is 17.9 Å². The molecule has 0 bridgehead atoms. The second-order valence-electron chi connectivity index (χ2n) is 7.13. The Bertz CT molecular complexity index is 1150. The van der Waals surface area contributed by atoms with Gasteiger partial charge in [0.15, 0.2) is 11.0 Å². The van der Waals surface area contributed by atoms with E-state index in [-0.39, 0.29) is 24.1 Å². The van der Waals surface area contributed by atoms with E-state index in [4.69, 9.17) is 11.6 Å². The SMILES string of the molecule is C=CCn1c(CNC(=O)c2cccc(Cl)c2)nnc1SCC(=O)Nc1ccc(C)c(C)c1. The fourth-order valence-corrected chi connectivity index (χ4v) is 3.86. The third kappa shape index (κ3) is 6.21. The monoisotopic (exact) mass is 469 g/mol. The maximum Gasteiger partial charge on any atom is 0.251 e. The summed E-state index contributed by atoms with van der Waals surface area (Å²) in [6.45, 7) is 8.44. The Hall–Kier alpha value is -3.10. The number of anilines is 1. The van der Waals surface area contributed by atoms with Crippen molar-refractivity contribution in [2.24, 2.45) is 0 Å². The van der Waals surface area contributed by atoms with Gasteiger partial charge in [0.25, 0.3) is 5.91 Å². The van der Waals surface area contributed by atoms with E-state index in [1.807, 2.05) is 36.6 Å². The highest BCUT2D eigenvalue weighted by Crippen LogP contribution is 2.19. The first-order valence-corrected chi connectivity index (χ1v) is 11.3. The van der Waals surface area contributed by atoms with E-state index in [9.17, 15) is 9.59 Å². The first-order valence-electron chi connectivity index (χ1n) is 9.94. The molecule has 1 heterocycles. The van der Waals surface area contributed by atoms with Gasteiger partial charge in [-0.2, -0.15) is 0 Å². The zero-order valence-electron chi connectivity index (χ0n) is 17.9. The summed E-state index contributed by atoms with van der Waals surface area (Å²) >= 11 is 7.22. The van der Waals surface area contributed by atoms with Gasteiger partial charge in [-0.05, 0) is 55.3 Å². The number of aromatic nitrogens is 3. The highest BCUT2D eigenvalue weighted by Gasteiger charge is 2.15. The molecule has 2 N–H and O–H groups in total. The molecule has 0 aliphatic rings. The van der Waals surface area contributed by atoms with Crippen LogP contribution < -0.4 is 10.6 Å². The molecule has 2 amide bonds. The highest BCUT2D eigenvalue weighted by atomic mass is 35.5. The number of amides is 2. The van der Waals surface area contributed by atoms with Crippen LogP contribution in [0.5, 0.6) is 0 Å². The highest BCUT2D eigenvalue weighted by molar-refractivity contribution is 7.99. The lowest BCUT2D eigenvalue weighted by Crippen LogP contribution is -2.24. The molecular weight excluding hydrogens is 446 g/mol. The smallest absolute Gasteiger partial charge is 0.251 e. The van der Waals surface area contributed by atoms with E-state index in [1.54, 1.807) is 30.3 Å². The first-order chi connectivity index (χ1) is 15.4. The maximum atomic E-state index is 12.4. The summed E-state index contributed by atoms with van der Waals surface area (Å²) in [5.74, 6) is 0.346. The van der Waals surface area contributed by atoms with Gasteiger partial charge in [-0.15, -0.1) is 16.8 Å². The van der Waals surface area contributed by atoms with Crippen LogP contribution in [0, 0.1) is 13.8 Å². The van der Waals surface area contributed by atoms with Crippen LogP contribution in [0.2, 0.25) is 5.02 Å². The summed E-state index contributed by atoms with van der Waals surface area (Å²) < 4.78 is 1.82. The first kappa shape index (κ1) is 23.6. The summed E-state index contributed by atoms with van der Waals surface area (Å²) in [5, 5.41) is 15.1. The predicted octanol–water partition coefficient (Wildman–Crippen LogP) is 4.40. The van der Waals surface area contributed by atoms with Crippen LogP contribution in [-0.4, -0.2) is 32.3 Å². The zero-order chi connectivity index (χ0) is 23.1. The molecule has 0 unspecified atom stereocenters. The van der Waals surface area contributed by atoms with Crippen molar-refractivity contribution in [2.75, 3.05) is 11.1 Å². The Morgan fingerprint density at radius 3 is 2.69 bits per heavy atom. The number of carbonyl (C=O) groups excluding carboxylic acids is 2. The third-order valence-corrected chi connectivity index (χ3v) is 5.92. The number of aryl methyl sites for hydroxylation is 2. The van der Waals surface area contributed by atoms with Crippen molar-refractivity contribution in [3.05, 3.63) is 82.7 Å². The lowest BCUT2D eigenvalue weighted by Gasteiger charge is -2.10. The molecule has 0 saturated heterocycles. The molecule has 3 aromatic rings. The molecule has 1 aromatic heterocycles. The number of allylic oxidation sites excluding steroid dienone is 1. The third-order valence-electron chi connectivity index (χ3n) is 4.72. The lowest BCUT2D eigenvalue weighted by molar-refractivity contribution is -0.113. The molecule has 2 aromatic carbocycles. The van der Waals surface area contributed by atoms with Gasteiger partial charge in [0.05, 0.1) is 12.3 Å². The molecular formula is C23H24ClN5O2S. The van der Waals surface area contributed by atoms with Gasteiger partial charge in [-0.3, -0.25) is 9.59 Å². The standard InChI is InChI=1S/C23H24ClN5O2S/c1-4-10-29-20(13-25-22(31)17-6-5-7-18(24)12-17)27-28-23(29)32-14-21(30)26-19-9-8-15(2)16(3)11-19/h4-9,11-12H,1,10,13-14H2,2-3H3,(H,25,31)(H,26,30). The van der Waals surface area contributed by atoms with Crippen LogP contribution >= 0.6 is 23.4 Å². The van der Waals surface area contributed by atoms with Gasteiger partial charge in [-0.1, -0.05) is 41.6 Å². The Morgan fingerprint density at radius 2 is 1.97 bits per heavy atom. The molecule has 0 radical (unpaired) electrons. The molecule has 0 atom stereocenters. The second-order valence-corrected chi connectivity index (χ2v) is 8.51. The Balaban J connectivity index is 1.61. The summed E-state index contributed by atoms with van der Waals surface area (Å²) in [5.41, 5.74) is 3.51. The number of carbonyl (C=O) groups is 2. The number of thioether (sulfide) groups is 1. The fraction of sp³-hybridized carbons (Fsp3) is 0.217. The van der Waals surface area contributed by atoms with Gasteiger partial charge in [0.2, 0.25) is 5.91 Å². The predicted molar refractivity (Wildman–Crippen MR) is 128 cm³/mol. The van der Waals surface area contributed by atoms with Gasteiger partial charge < -0.3 is 15.2 Å². The van der Waals surface area contributed by atoms with Gasteiger partial charge in [-0.25, -0.2) is 0 Å². The summed E-state index contributed by atoms with van der Waals surface area (Å²) in [6.07, 6.45) is 1.71. The average molecular weight is 470 g/mol. The van der Waals surface area contributed by atoms with Crippen molar-refractivity contribution in [3.63, 3.8) is 0 Å². The fourth-order valence-electron chi connectivity index (χ4n) is 2.91. The van der Waals surface area contributed by atoms with Crippen LogP contribution in [0.25, 0.3) is 0 Å². The van der Waals surface area contributed by atoms with E-state index in [1.165, 1.54) is 17.3 Å². The topological polar surface area (TPSA) is 88.9 Å². The molecule has 9 heteroatoms. The molecule has 0 fully saturated rings. The van der Waals surface area contributed by atoms with E-state index >= 15 is 0 Å². The number of halogens is 1. The zero-order valence-corrected chi connectivity index (χ0v) is 19.5. The van der Waals surface area contributed by atoms with Crippen molar-refractivity contribution in [1.29, 1.82) is 0 Å². The molecule has 7 nitrogen and oxygen atoms in total. The van der Waals surface area contributed by atoms with Crippen molar-refractivity contribution < 1.29 is 9.59 Å². The van der Waals surface area contributed by atoms with E-state index < -0.39 is 0 Å². The molecule has 0 aliphatic carbocycles. The number of nitrogens with zero attached hydrogens (tertiary/aromatic N) is 3. The van der Waals surface area contributed by atoms with Gasteiger partial charge in [0.1, 0.15) is 0 Å². The van der Waals surface area contributed by atoms with E-state index in [0.29, 0.717) is 28.1 Å². The number of rotatable bonds is 9. The van der Waals surface area contributed by atoms with Crippen molar-refractivity contribution in [2.45, 2.75) is 32.1 Å². The van der Waals surface area contributed by atoms with Crippen molar-refractivity contribution in [1.82, 2.24) is 20.1 Å². The summed E-state index contributed by atoms with van der Waals surface area (Å²) in [7, 11) is 0. The van der Waals surface area contributed by atoms with Gasteiger partial charge >= 0.3 is 0 Å². The van der Waals surface area contributed by atoms with Crippen LogP contribution in [0.1, 0.15) is 27.3 Å². The number of nitrogens with one attached hydrogen (secondary N) is 2. The molecule has 166 valence electrons. The molecule has 0 spiro atoms. The minimum atomic E-state index is -0.261. The minimum absolute atomic E-state index is 0.137. The van der Waals surface area contributed by atoms with Crippen molar-refractivity contribution >= 4 is 40.9 Å². The maximum absolute atomic E-state index is 12.4. The van der Waals surface area contributed by atoms with Crippen LogP contribution in [0.3, 0.4) is 0 Å². The molecule has 3 rings (SSSR count). The number of benzene rings is 2. The average Bonchev–Trinajstić information content (AvgIpc) is 3.15. The van der Waals surface area contributed by atoms with E-state index in [2.05, 4.69) is 27.4 Å². The van der Waals surface area contributed by atoms with Crippen molar-refractivity contribution in [3.8, 4) is 0 Å². The Kier molecular flexibility index (Phi) is 8.08. The quantitative estimate of drug-likeness (QED) is 0.358. The largest absolute Gasteiger partial charge is 0.345 e. The summed E-state index contributed by atoms with van der Waals surface area (Å²) in [4.78, 5) is 24.8. The molecule has 0 saturated carbocycles. The minimum Gasteiger partial charge on any atom is -0.345 e. The Morgan fingerprint density at radius 1 is 1.16 bits per heavy atom. The lowest BCUT2D eigenvalue weighted by atomic mass is 10.1. The summed E-state index contributed by atoms with van der Waals surface area (Å²) in [6, 6.07) is 12.5. The van der Waals surface area contributed by atoms with E-state index in [0.717, 1.165) is 11.3 Å². The molecule has 0 aliphatic heterocycles. The van der Waals surface area contributed by atoms with Crippen LogP contribution in [0.4, 0.5) is 5.69 Å². The van der Waals surface area contributed by atoms with Gasteiger partial charge in [0, 0.05) is 22.8 Å². The second kappa shape index (κ2) is 11.0. The molecule has 32 heavy (non-hydrogen) atoms. The number of hydrogen-bond donors (Lipinski definition) is 2. The normalized spacial score (nSPS) is 10.6. The Labute approximate surface area is 196 Å². The number of hydrogen-bond acceptors (Lipinski definition) is 5.